The van der Waals surface area contributed by atoms with Crippen LogP contribution in [0.25, 0.3) is 10.1 Å². The Kier molecular flexibility index (Phi) is 4.02. The molecule has 2 heterocycles. The van der Waals surface area contributed by atoms with Crippen LogP contribution in [-0.2, 0) is 16.6 Å². The number of piperazine rings is 1. The van der Waals surface area contributed by atoms with Crippen LogP contribution in [0.1, 0.15) is 4.88 Å². The number of nitrogens with zero attached hydrogens (tertiary/aromatic N) is 2. The number of benzene rings is 1. The van der Waals surface area contributed by atoms with Crippen molar-refractivity contribution >= 4 is 31.4 Å². The van der Waals surface area contributed by atoms with E-state index in [1.54, 1.807) is 4.31 Å². The van der Waals surface area contributed by atoms with Gasteiger partial charge in [-0.1, -0.05) is 18.2 Å². The van der Waals surface area contributed by atoms with Gasteiger partial charge in [0, 0.05) is 47.7 Å². The van der Waals surface area contributed by atoms with Crippen LogP contribution in [0.2, 0.25) is 0 Å². The summed E-state index contributed by atoms with van der Waals surface area (Å²) in [6.45, 7) is 2.85. The molecular formula is C14H19N3O2S2. The van der Waals surface area contributed by atoms with E-state index in [4.69, 9.17) is 5.73 Å². The van der Waals surface area contributed by atoms with Gasteiger partial charge in [-0.2, -0.15) is 4.31 Å². The molecule has 0 amide bonds. The first-order valence-corrected chi connectivity index (χ1v) is 9.19. The summed E-state index contributed by atoms with van der Waals surface area (Å²) < 4.78 is 28.6. The van der Waals surface area contributed by atoms with Crippen molar-refractivity contribution in [1.82, 2.24) is 9.21 Å². The van der Waals surface area contributed by atoms with Crippen molar-refractivity contribution in [3.05, 3.63) is 29.1 Å². The van der Waals surface area contributed by atoms with Gasteiger partial charge in [-0.3, -0.25) is 0 Å². The maximum atomic E-state index is 13.0. The molecule has 114 valence electrons. The second kappa shape index (κ2) is 5.66. The second-order valence-electron chi connectivity index (χ2n) is 5.26. The summed E-state index contributed by atoms with van der Waals surface area (Å²) in [5.74, 6) is 0. The highest BCUT2D eigenvalue weighted by Gasteiger charge is 2.31. The molecule has 1 aliphatic heterocycles. The van der Waals surface area contributed by atoms with Crippen molar-refractivity contribution in [2.75, 3.05) is 33.2 Å². The normalized spacial score (nSPS) is 18.4. The van der Waals surface area contributed by atoms with E-state index in [1.165, 1.54) is 11.3 Å². The molecule has 5 nitrogen and oxygen atoms in total. The zero-order valence-corrected chi connectivity index (χ0v) is 13.6. The van der Waals surface area contributed by atoms with Crippen LogP contribution in [0.15, 0.2) is 29.2 Å². The van der Waals surface area contributed by atoms with Crippen LogP contribution in [0, 0.1) is 0 Å². The Balaban J connectivity index is 2.10. The first-order valence-electron chi connectivity index (χ1n) is 6.93. The van der Waals surface area contributed by atoms with Crippen molar-refractivity contribution in [1.29, 1.82) is 0 Å². The first-order chi connectivity index (χ1) is 10.0. The third-order valence-electron chi connectivity index (χ3n) is 3.86. The van der Waals surface area contributed by atoms with Gasteiger partial charge < -0.3 is 10.6 Å². The Morgan fingerprint density at radius 2 is 1.86 bits per heavy atom. The monoisotopic (exact) mass is 325 g/mol. The van der Waals surface area contributed by atoms with Crippen molar-refractivity contribution < 1.29 is 8.42 Å². The summed E-state index contributed by atoms with van der Waals surface area (Å²) in [6, 6.07) is 7.61. The van der Waals surface area contributed by atoms with Crippen LogP contribution < -0.4 is 5.73 Å². The summed E-state index contributed by atoms with van der Waals surface area (Å²) in [4.78, 5) is 3.30. The summed E-state index contributed by atoms with van der Waals surface area (Å²) >= 11 is 1.47. The van der Waals surface area contributed by atoms with Crippen molar-refractivity contribution in [2.24, 2.45) is 5.73 Å². The number of likely N-dealkylation sites (N-methyl/N-ethyl adjacent to an activating group) is 1. The van der Waals surface area contributed by atoms with Crippen molar-refractivity contribution in [3.63, 3.8) is 0 Å². The summed E-state index contributed by atoms with van der Waals surface area (Å²) in [7, 11) is -1.47. The van der Waals surface area contributed by atoms with Gasteiger partial charge in [0.25, 0.3) is 0 Å². The quantitative estimate of drug-likeness (QED) is 0.923. The molecular weight excluding hydrogens is 306 g/mol. The smallest absolute Gasteiger partial charge is 0.244 e. The molecule has 1 fully saturated rings. The van der Waals surface area contributed by atoms with Crippen LogP contribution in [0.4, 0.5) is 0 Å². The molecule has 0 spiro atoms. The Hall–Kier alpha value is -0.990. The molecule has 0 bridgehead atoms. The van der Waals surface area contributed by atoms with Gasteiger partial charge in [0.05, 0.1) is 0 Å². The SMILES string of the molecule is CN1CCN(S(=O)(=O)c2c(CN)sc3ccccc23)CC1. The average molecular weight is 325 g/mol. The lowest BCUT2D eigenvalue weighted by Gasteiger charge is -2.31. The van der Waals surface area contributed by atoms with E-state index in [0.717, 1.165) is 28.1 Å². The van der Waals surface area contributed by atoms with Crippen molar-refractivity contribution in [3.8, 4) is 0 Å². The van der Waals surface area contributed by atoms with E-state index < -0.39 is 10.0 Å². The third kappa shape index (κ3) is 2.60. The molecule has 3 rings (SSSR count). The minimum Gasteiger partial charge on any atom is -0.326 e. The molecule has 0 radical (unpaired) electrons. The van der Waals surface area contributed by atoms with Crippen LogP contribution in [0.5, 0.6) is 0 Å². The van der Waals surface area contributed by atoms with Gasteiger partial charge in [-0.05, 0) is 13.1 Å². The zero-order chi connectivity index (χ0) is 15.0. The van der Waals surface area contributed by atoms with Crippen LogP contribution >= 0.6 is 11.3 Å². The van der Waals surface area contributed by atoms with E-state index in [9.17, 15) is 8.42 Å². The fourth-order valence-corrected chi connectivity index (χ4v) is 5.86. The zero-order valence-electron chi connectivity index (χ0n) is 11.9. The highest BCUT2D eigenvalue weighted by atomic mass is 32.2. The minimum absolute atomic E-state index is 0.252. The minimum atomic E-state index is -3.47. The molecule has 0 aliphatic carbocycles. The fraction of sp³-hybridized carbons (Fsp3) is 0.429. The van der Waals surface area contributed by atoms with E-state index in [1.807, 2.05) is 31.3 Å². The van der Waals surface area contributed by atoms with Crippen LogP contribution in [0.3, 0.4) is 0 Å². The maximum absolute atomic E-state index is 13.0. The van der Waals surface area contributed by atoms with E-state index >= 15 is 0 Å². The molecule has 1 saturated heterocycles. The Bertz CT molecular complexity index is 747. The predicted molar refractivity (Wildman–Crippen MR) is 86.0 cm³/mol. The molecule has 0 unspecified atom stereocenters. The van der Waals surface area contributed by atoms with E-state index in [-0.39, 0.29) is 6.54 Å². The molecule has 1 aliphatic rings. The molecule has 0 saturated carbocycles. The highest BCUT2D eigenvalue weighted by molar-refractivity contribution is 7.89. The Morgan fingerprint density at radius 3 is 2.52 bits per heavy atom. The fourth-order valence-electron chi connectivity index (χ4n) is 2.65. The largest absolute Gasteiger partial charge is 0.326 e. The summed E-state index contributed by atoms with van der Waals surface area (Å²) in [5, 5.41) is 0.793. The molecule has 21 heavy (non-hydrogen) atoms. The van der Waals surface area contributed by atoms with Gasteiger partial charge in [0.15, 0.2) is 0 Å². The van der Waals surface area contributed by atoms with E-state index in [0.29, 0.717) is 18.0 Å². The van der Waals surface area contributed by atoms with Crippen LogP contribution in [-0.4, -0.2) is 50.8 Å². The Labute approximate surface area is 129 Å². The lowest BCUT2D eigenvalue weighted by molar-refractivity contribution is 0.222. The molecule has 2 aromatic rings. The molecule has 7 heteroatoms. The van der Waals surface area contributed by atoms with Crippen molar-refractivity contribution in [2.45, 2.75) is 11.4 Å². The number of sulfonamides is 1. The topological polar surface area (TPSA) is 66.6 Å². The van der Waals surface area contributed by atoms with Gasteiger partial charge >= 0.3 is 0 Å². The lowest BCUT2D eigenvalue weighted by atomic mass is 10.2. The number of fused-ring (bicyclic) bond motifs is 1. The molecule has 1 aromatic carbocycles. The highest BCUT2D eigenvalue weighted by Crippen LogP contribution is 2.36. The Morgan fingerprint density at radius 1 is 1.19 bits per heavy atom. The van der Waals surface area contributed by atoms with Gasteiger partial charge in [-0.15, -0.1) is 11.3 Å². The van der Waals surface area contributed by atoms with E-state index in [2.05, 4.69) is 4.90 Å². The summed E-state index contributed by atoms with van der Waals surface area (Å²) in [5.41, 5.74) is 5.78. The standard InChI is InChI=1S/C14H19N3O2S2/c1-16-6-8-17(9-7-16)21(18,19)14-11-4-2-3-5-12(11)20-13(14)10-15/h2-5H,6-10,15H2,1H3. The number of nitrogens with two attached hydrogens (primary N) is 1. The number of rotatable bonds is 3. The second-order valence-corrected chi connectivity index (χ2v) is 8.27. The predicted octanol–water partition coefficient (Wildman–Crippen LogP) is 1.30. The average Bonchev–Trinajstić information content (AvgIpc) is 2.87. The summed E-state index contributed by atoms with van der Waals surface area (Å²) in [6.07, 6.45) is 0. The molecule has 1 aromatic heterocycles. The number of thiophene rings is 1. The lowest BCUT2D eigenvalue weighted by Crippen LogP contribution is -2.47. The molecule has 2 N–H and O–H groups in total. The van der Waals surface area contributed by atoms with Gasteiger partial charge in [0.1, 0.15) is 4.90 Å². The third-order valence-corrected chi connectivity index (χ3v) is 7.21. The maximum Gasteiger partial charge on any atom is 0.244 e. The molecule has 0 atom stereocenters. The van der Waals surface area contributed by atoms with Gasteiger partial charge in [0.2, 0.25) is 10.0 Å². The first kappa shape index (κ1) is 14.9. The van der Waals surface area contributed by atoms with Gasteiger partial charge in [-0.25, -0.2) is 8.42 Å². The number of hydrogen-bond donors (Lipinski definition) is 1. The number of hydrogen-bond acceptors (Lipinski definition) is 5.